The molecule has 0 aliphatic carbocycles. The second-order valence-electron chi connectivity index (χ2n) is 4.90. The zero-order valence-corrected chi connectivity index (χ0v) is 10.8. The van der Waals surface area contributed by atoms with E-state index in [1.165, 1.54) is 0 Å². The number of hydrogen-bond acceptors (Lipinski definition) is 6. The molecule has 6 nitrogen and oxygen atoms in total. The first kappa shape index (κ1) is 11.7. The van der Waals surface area contributed by atoms with Crippen molar-refractivity contribution < 1.29 is 18.6 Å². The first-order valence-corrected chi connectivity index (χ1v) is 6.69. The zero-order valence-electron chi connectivity index (χ0n) is 10.8. The van der Waals surface area contributed by atoms with Gasteiger partial charge in [0.15, 0.2) is 11.5 Å². The first-order chi connectivity index (χ1) is 9.90. The Hall–Kier alpha value is -2.08. The Morgan fingerprint density at radius 2 is 1.85 bits per heavy atom. The van der Waals surface area contributed by atoms with E-state index in [9.17, 15) is 0 Å². The quantitative estimate of drug-likeness (QED) is 0.835. The normalized spacial score (nSPS) is 24.8. The van der Waals surface area contributed by atoms with Crippen LogP contribution in [0.5, 0.6) is 11.5 Å². The van der Waals surface area contributed by atoms with Gasteiger partial charge in [0.05, 0.1) is 12.5 Å². The molecule has 3 heterocycles. The van der Waals surface area contributed by atoms with Crippen LogP contribution in [0, 0.1) is 0 Å². The van der Waals surface area contributed by atoms with E-state index in [2.05, 4.69) is 10.2 Å². The van der Waals surface area contributed by atoms with Gasteiger partial charge in [-0.25, -0.2) is 0 Å². The van der Waals surface area contributed by atoms with Gasteiger partial charge in [-0.2, -0.15) is 0 Å². The molecule has 2 aromatic rings. The highest BCUT2D eigenvalue weighted by Gasteiger charge is 2.30. The fourth-order valence-electron chi connectivity index (χ4n) is 2.41. The van der Waals surface area contributed by atoms with Crippen molar-refractivity contribution in [2.75, 3.05) is 19.8 Å². The van der Waals surface area contributed by atoms with E-state index >= 15 is 0 Å². The molecule has 0 spiro atoms. The van der Waals surface area contributed by atoms with E-state index < -0.39 is 0 Å². The largest absolute Gasteiger partial charge is 0.485 e. The second kappa shape index (κ2) is 4.79. The molecular weight excluding hydrogens is 260 g/mol. The highest BCUT2D eigenvalue weighted by atomic mass is 16.6. The highest BCUT2D eigenvalue weighted by Crippen LogP contribution is 2.36. The predicted molar refractivity (Wildman–Crippen MR) is 67.8 cm³/mol. The molecule has 0 radical (unpaired) electrons. The van der Waals surface area contributed by atoms with Gasteiger partial charge in [0, 0.05) is 6.61 Å². The van der Waals surface area contributed by atoms with E-state index in [1.807, 2.05) is 24.3 Å². The summed E-state index contributed by atoms with van der Waals surface area (Å²) in [6.45, 7) is 1.77. The van der Waals surface area contributed by atoms with Crippen molar-refractivity contribution in [3.8, 4) is 11.5 Å². The van der Waals surface area contributed by atoms with Gasteiger partial charge in [-0.15, -0.1) is 10.2 Å². The Balaban J connectivity index is 1.54. The Morgan fingerprint density at radius 1 is 1.00 bits per heavy atom. The maximum Gasteiger partial charge on any atom is 0.260 e. The molecule has 4 rings (SSSR count). The van der Waals surface area contributed by atoms with Crippen LogP contribution in [-0.4, -0.2) is 30.0 Å². The zero-order chi connectivity index (χ0) is 13.4. The summed E-state index contributed by atoms with van der Waals surface area (Å²) in [5.74, 6) is 2.73. The molecule has 1 aromatic carbocycles. The molecule has 104 valence electrons. The molecule has 1 saturated heterocycles. The van der Waals surface area contributed by atoms with E-state index in [0.29, 0.717) is 30.7 Å². The van der Waals surface area contributed by atoms with E-state index in [1.54, 1.807) is 0 Å². The van der Waals surface area contributed by atoms with Crippen LogP contribution < -0.4 is 9.47 Å². The lowest BCUT2D eigenvalue weighted by Crippen LogP contribution is -2.21. The van der Waals surface area contributed by atoms with Gasteiger partial charge >= 0.3 is 0 Å². The van der Waals surface area contributed by atoms with Crippen LogP contribution in [0.2, 0.25) is 0 Å². The van der Waals surface area contributed by atoms with Crippen molar-refractivity contribution in [2.24, 2.45) is 0 Å². The summed E-state index contributed by atoms with van der Waals surface area (Å²) in [4.78, 5) is 0. The van der Waals surface area contributed by atoms with Crippen LogP contribution in [0.1, 0.15) is 30.2 Å². The van der Waals surface area contributed by atoms with E-state index in [0.717, 1.165) is 18.8 Å². The average Bonchev–Trinajstić information content (AvgIpc) is 3.17. The summed E-state index contributed by atoms with van der Waals surface area (Å²) in [5, 5.41) is 8.18. The van der Waals surface area contributed by atoms with Gasteiger partial charge in [-0.1, -0.05) is 12.1 Å². The van der Waals surface area contributed by atoms with E-state index in [4.69, 9.17) is 18.6 Å². The molecule has 20 heavy (non-hydrogen) atoms. The van der Waals surface area contributed by atoms with Crippen molar-refractivity contribution >= 4 is 0 Å². The van der Waals surface area contributed by atoms with Crippen LogP contribution >= 0.6 is 0 Å². The predicted octanol–water partition coefficient (Wildman–Crippen LogP) is 2.09. The lowest BCUT2D eigenvalue weighted by Gasteiger charge is -2.23. The minimum Gasteiger partial charge on any atom is -0.485 e. The lowest BCUT2D eigenvalue weighted by atomic mass is 10.1. The maximum atomic E-state index is 5.84. The van der Waals surface area contributed by atoms with Crippen molar-refractivity contribution in [3.05, 3.63) is 36.0 Å². The number of rotatable bonds is 2. The van der Waals surface area contributed by atoms with Crippen molar-refractivity contribution in [3.63, 3.8) is 0 Å². The molecule has 0 N–H and O–H groups in total. The Labute approximate surface area is 115 Å². The summed E-state index contributed by atoms with van der Waals surface area (Å²) >= 11 is 0. The summed E-state index contributed by atoms with van der Waals surface area (Å²) in [5.41, 5.74) is 0. The molecule has 6 heteroatoms. The molecule has 0 amide bonds. The lowest BCUT2D eigenvalue weighted by molar-refractivity contribution is 0.0699. The summed E-state index contributed by atoms with van der Waals surface area (Å²) in [7, 11) is 0. The van der Waals surface area contributed by atoms with Crippen LogP contribution in [0.25, 0.3) is 0 Å². The molecule has 0 saturated carbocycles. The second-order valence-corrected chi connectivity index (χ2v) is 4.90. The Bertz CT molecular complexity index is 607. The van der Waals surface area contributed by atoms with Gasteiger partial charge in [0.2, 0.25) is 12.0 Å². The number of nitrogens with zero attached hydrogens (tertiary/aromatic N) is 2. The van der Waals surface area contributed by atoms with Gasteiger partial charge in [-0.05, 0) is 18.6 Å². The summed E-state index contributed by atoms with van der Waals surface area (Å²) in [6.07, 6.45) is 0.570. The number of hydrogen-bond donors (Lipinski definition) is 0. The first-order valence-electron chi connectivity index (χ1n) is 6.69. The molecule has 0 unspecified atom stereocenters. The number of benzene rings is 1. The minimum atomic E-state index is -0.353. The van der Waals surface area contributed by atoms with Crippen molar-refractivity contribution in [1.82, 2.24) is 10.2 Å². The number of para-hydroxylation sites is 2. The fourth-order valence-corrected chi connectivity index (χ4v) is 2.41. The molecule has 2 aliphatic rings. The number of fused-ring (bicyclic) bond motifs is 1. The van der Waals surface area contributed by atoms with Crippen molar-refractivity contribution in [2.45, 2.75) is 18.4 Å². The van der Waals surface area contributed by atoms with Gasteiger partial charge in [0.1, 0.15) is 6.61 Å². The topological polar surface area (TPSA) is 66.6 Å². The SMILES string of the molecule is c1ccc2c(c1)OC[C@H](c1nnc([C@H]3CCOC3)o1)O2. The third-order valence-corrected chi connectivity index (χ3v) is 3.52. The molecule has 2 aliphatic heterocycles. The smallest absolute Gasteiger partial charge is 0.260 e. The van der Waals surface area contributed by atoms with E-state index in [-0.39, 0.29) is 12.0 Å². The summed E-state index contributed by atoms with van der Waals surface area (Å²) in [6, 6.07) is 7.55. The highest BCUT2D eigenvalue weighted by molar-refractivity contribution is 5.40. The maximum absolute atomic E-state index is 5.84. The van der Waals surface area contributed by atoms with Crippen molar-refractivity contribution in [1.29, 1.82) is 0 Å². The third kappa shape index (κ3) is 2.02. The molecule has 0 bridgehead atoms. The molecule has 1 fully saturated rings. The van der Waals surface area contributed by atoms with Gasteiger partial charge in [-0.3, -0.25) is 0 Å². The molecule has 2 atom stereocenters. The van der Waals surface area contributed by atoms with Crippen LogP contribution in [0.15, 0.2) is 28.7 Å². The standard InChI is InChI=1S/C14H14N2O4/c1-2-4-11-10(3-1)18-8-12(19-11)14-16-15-13(20-14)9-5-6-17-7-9/h1-4,9,12H,5-8H2/t9-,12+/m0/s1. The van der Waals surface area contributed by atoms with Crippen LogP contribution in [0.3, 0.4) is 0 Å². The van der Waals surface area contributed by atoms with Crippen LogP contribution in [-0.2, 0) is 4.74 Å². The summed E-state index contributed by atoms with van der Waals surface area (Å²) < 4.78 is 22.5. The Kier molecular flexibility index (Phi) is 2.81. The average molecular weight is 274 g/mol. The number of ether oxygens (including phenoxy) is 3. The third-order valence-electron chi connectivity index (χ3n) is 3.52. The monoisotopic (exact) mass is 274 g/mol. The Morgan fingerprint density at radius 3 is 2.70 bits per heavy atom. The van der Waals surface area contributed by atoms with Gasteiger partial charge < -0.3 is 18.6 Å². The molecular formula is C14H14N2O4. The minimum absolute atomic E-state index is 0.202. The fraction of sp³-hybridized carbons (Fsp3) is 0.429. The van der Waals surface area contributed by atoms with Crippen LogP contribution in [0.4, 0.5) is 0 Å². The number of aromatic nitrogens is 2. The van der Waals surface area contributed by atoms with Gasteiger partial charge in [0.25, 0.3) is 5.89 Å². The molecule has 1 aromatic heterocycles.